The molecule has 0 aromatic rings. The minimum Gasteiger partial charge on any atom is -0.381 e. The highest BCUT2D eigenvalue weighted by molar-refractivity contribution is 4.99. The molecule has 2 rings (SSSR count). The molecule has 124 valence electrons. The molecule has 3 atom stereocenters. The van der Waals surface area contributed by atoms with Crippen LogP contribution in [-0.4, -0.2) is 38.0 Å². The van der Waals surface area contributed by atoms with Crippen LogP contribution in [0.15, 0.2) is 0 Å². The molecule has 0 bridgehead atoms. The van der Waals surface area contributed by atoms with E-state index in [0.717, 1.165) is 51.0 Å². The van der Waals surface area contributed by atoms with Gasteiger partial charge in [0, 0.05) is 38.7 Å². The van der Waals surface area contributed by atoms with Crippen molar-refractivity contribution in [2.24, 2.45) is 11.8 Å². The topological polar surface area (TPSA) is 30.5 Å². The molecule has 0 aromatic carbocycles. The van der Waals surface area contributed by atoms with Crippen LogP contribution in [0.4, 0.5) is 0 Å². The third-order valence-corrected chi connectivity index (χ3v) is 5.63. The summed E-state index contributed by atoms with van der Waals surface area (Å²) in [7, 11) is 0. The molecule has 1 saturated carbocycles. The van der Waals surface area contributed by atoms with Gasteiger partial charge in [0.05, 0.1) is 5.60 Å². The molecule has 1 heterocycles. The minimum atomic E-state index is 0.00328. The summed E-state index contributed by atoms with van der Waals surface area (Å²) in [6.07, 6.45) is 8.99. The Hall–Kier alpha value is -0.120. The predicted molar refractivity (Wildman–Crippen MR) is 87.6 cm³/mol. The number of nitrogens with one attached hydrogen (secondary N) is 1. The van der Waals surface area contributed by atoms with Crippen molar-refractivity contribution in [1.82, 2.24) is 5.32 Å². The molecule has 21 heavy (non-hydrogen) atoms. The summed E-state index contributed by atoms with van der Waals surface area (Å²) in [5.74, 6) is 1.69. The van der Waals surface area contributed by atoms with Crippen molar-refractivity contribution in [2.75, 3.05) is 26.4 Å². The Kier molecular flexibility index (Phi) is 6.97. The molecule has 0 radical (unpaired) electrons. The van der Waals surface area contributed by atoms with E-state index >= 15 is 0 Å². The minimum absolute atomic E-state index is 0.00328. The van der Waals surface area contributed by atoms with Gasteiger partial charge in [-0.05, 0) is 38.1 Å². The van der Waals surface area contributed by atoms with Gasteiger partial charge >= 0.3 is 0 Å². The molecule has 0 aromatic heterocycles. The maximum absolute atomic E-state index is 6.36. The molecular formula is C18H35NO2. The Labute approximate surface area is 131 Å². The van der Waals surface area contributed by atoms with Crippen LogP contribution in [-0.2, 0) is 9.47 Å². The summed E-state index contributed by atoms with van der Waals surface area (Å²) in [5, 5.41) is 3.81. The van der Waals surface area contributed by atoms with Crippen LogP contribution in [0.5, 0.6) is 0 Å². The quantitative estimate of drug-likeness (QED) is 0.776. The summed E-state index contributed by atoms with van der Waals surface area (Å²) < 4.78 is 12.0. The lowest BCUT2D eigenvalue weighted by atomic mass is 9.70. The standard InChI is InChI=1S/C18H35NO2/c1-4-15-8-7-9-16(14-15)17(19-5-2)18(21-6-3)10-12-20-13-11-18/h15-17,19H,4-14H2,1-3H3. The van der Waals surface area contributed by atoms with Gasteiger partial charge in [-0.3, -0.25) is 0 Å². The van der Waals surface area contributed by atoms with Crippen LogP contribution in [0.1, 0.15) is 65.7 Å². The van der Waals surface area contributed by atoms with Gasteiger partial charge in [0.1, 0.15) is 0 Å². The molecular weight excluding hydrogens is 262 g/mol. The van der Waals surface area contributed by atoms with Crippen LogP contribution < -0.4 is 5.32 Å². The Bertz CT molecular complexity index is 283. The summed E-state index contributed by atoms with van der Waals surface area (Å²) in [4.78, 5) is 0. The van der Waals surface area contributed by atoms with Gasteiger partial charge in [-0.1, -0.05) is 33.1 Å². The van der Waals surface area contributed by atoms with E-state index in [1.54, 1.807) is 0 Å². The third-order valence-electron chi connectivity index (χ3n) is 5.63. The highest BCUT2D eigenvalue weighted by Crippen LogP contribution is 2.40. The molecule has 3 unspecified atom stereocenters. The number of rotatable bonds is 7. The largest absolute Gasteiger partial charge is 0.381 e. The van der Waals surface area contributed by atoms with Gasteiger partial charge in [0.25, 0.3) is 0 Å². The maximum atomic E-state index is 6.36. The third kappa shape index (κ3) is 4.20. The summed E-state index contributed by atoms with van der Waals surface area (Å²) in [6, 6.07) is 0.501. The van der Waals surface area contributed by atoms with E-state index in [1.807, 2.05) is 0 Å². The average Bonchev–Trinajstić information content (AvgIpc) is 2.53. The SMILES string of the molecule is CCNC(C1CCCC(CC)C1)C1(OCC)CCOCC1. The lowest BCUT2D eigenvalue weighted by Crippen LogP contribution is -2.59. The summed E-state index contributed by atoms with van der Waals surface area (Å²) in [6.45, 7) is 10.3. The maximum Gasteiger partial charge on any atom is 0.0881 e. The molecule has 0 spiro atoms. The highest BCUT2D eigenvalue weighted by Gasteiger charge is 2.45. The van der Waals surface area contributed by atoms with E-state index in [4.69, 9.17) is 9.47 Å². The fraction of sp³-hybridized carbons (Fsp3) is 1.00. The lowest BCUT2D eigenvalue weighted by molar-refractivity contribution is -0.139. The molecule has 1 aliphatic carbocycles. The van der Waals surface area contributed by atoms with Crippen LogP contribution >= 0.6 is 0 Å². The Morgan fingerprint density at radius 1 is 1.19 bits per heavy atom. The monoisotopic (exact) mass is 297 g/mol. The number of hydrogen-bond acceptors (Lipinski definition) is 3. The van der Waals surface area contributed by atoms with E-state index in [0.29, 0.717) is 6.04 Å². The summed E-state index contributed by atoms with van der Waals surface area (Å²) >= 11 is 0. The second-order valence-electron chi connectivity index (χ2n) is 6.85. The van der Waals surface area contributed by atoms with Gasteiger partial charge in [-0.2, -0.15) is 0 Å². The predicted octanol–water partition coefficient (Wildman–Crippen LogP) is 3.77. The van der Waals surface area contributed by atoms with Crippen molar-refractivity contribution in [3.63, 3.8) is 0 Å². The highest BCUT2D eigenvalue weighted by atomic mass is 16.5. The molecule has 1 N–H and O–H groups in total. The van der Waals surface area contributed by atoms with E-state index in [9.17, 15) is 0 Å². The zero-order chi connectivity index (χ0) is 15.1. The van der Waals surface area contributed by atoms with Crippen LogP contribution in [0.25, 0.3) is 0 Å². The van der Waals surface area contributed by atoms with Gasteiger partial charge in [-0.15, -0.1) is 0 Å². The van der Waals surface area contributed by atoms with E-state index < -0.39 is 0 Å². The van der Waals surface area contributed by atoms with Crippen molar-refractivity contribution in [3.05, 3.63) is 0 Å². The summed E-state index contributed by atoms with van der Waals surface area (Å²) in [5.41, 5.74) is 0.00328. The second kappa shape index (κ2) is 8.50. The molecule has 1 aliphatic heterocycles. The van der Waals surface area contributed by atoms with Crippen molar-refractivity contribution in [3.8, 4) is 0 Å². The average molecular weight is 297 g/mol. The molecule has 0 amide bonds. The molecule has 2 fully saturated rings. The van der Waals surface area contributed by atoms with Gasteiger partial charge in [-0.25, -0.2) is 0 Å². The van der Waals surface area contributed by atoms with Gasteiger partial charge in [0.15, 0.2) is 0 Å². The van der Waals surface area contributed by atoms with Gasteiger partial charge in [0.2, 0.25) is 0 Å². The molecule has 3 heteroatoms. The first-order valence-electron chi connectivity index (χ1n) is 9.20. The molecule has 2 aliphatic rings. The second-order valence-corrected chi connectivity index (χ2v) is 6.85. The zero-order valence-electron chi connectivity index (χ0n) is 14.3. The number of hydrogen-bond donors (Lipinski definition) is 1. The Balaban J connectivity index is 2.14. The zero-order valence-corrected chi connectivity index (χ0v) is 14.3. The smallest absolute Gasteiger partial charge is 0.0881 e. The van der Waals surface area contributed by atoms with Crippen molar-refractivity contribution < 1.29 is 9.47 Å². The fourth-order valence-corrected chi connectivity index (χ4v) is 4.56. The van der Waals surface area contributed by atoms with E-state index in [-0.39, 0.29) is 5.60 Å². The van der Waals surface area contributed by atoms with Crippen LogP contribution in [0, 0.1) is 11.8 Å². The normalized spacial score (nSPS) is 31.0. The Morgan fingerprint density at radius 3 is 2.57 bits per heavy atom. The lowest BCUT2D eigenvalue weighted by Gasteiger charge is -2.48. The van der Waals surface area contributed by atoms with Crippen LogP contribution in [0.2, 0.25) is 0 Å². The fourth-order valence-electron chi connectivity index (χ4n) is 4.56. The van der Waals surface area contributed by atoms with Crippen molar-refractivity contribution in [2.45, 2.75) is 77.4 Å². The first kappa shape index (κ1) is 17.2. The van der Waals surface area contributed by atoms with Crippen molar-refractivity contribution in [1.29, 1.82) is 0 Å². The number of likely N-dealkylation sites (N-methyl/N-ethyl adjacent to an activating group) is 1. The Morgan fingerprint density at radius 2 is 1.95 bits per heavy atom. The van der Waals surface area contributed by atoms with E-state index in [1.165, 1.54) is 32.1 Å². The van der Waals surface area contributed by atoms with E-state index in [2.05, 4.69) is 26.1 Å². The van der Waals surface area contributed by atoms with Gasteiger partial charge < -0.3 is 14.8 Å². The van der Waals surface area contributed by atoms with Crippen LogP contribution in [0.3, 0.4) is 0 Å². The van der Waals surface area contributed by atoms with Crippen molar-refractivity contribution >= 4 is 0 Å². The number of ether oxygens (including phenoxy) is 2. The molecule has 1 saturated heterocycles. The first-order chi connectivity index (χ1) is 10.3. The first-order valence-corrected chi connectivity index (χ1v) is 9.20. The molecule has 3 nitrogen and oxygen atoms in total.